The highest BCUT2D eigenvalue weighted by atomic mass is 32.1. The summed E-state index contributed by atoms with van der Waals surface area (Å²) in [6, 6.07) is 8.36. The maximum atomic E-state index is 4.82. The summed E-state index contributed by atoms with van der Waals surface area (Å²) < 4.78 is 1.24. The number of hydrazine groups is 2. The van der Waals surface area contributed by atoms with Crippen molar-refractivity contribution in [3.05, 3.63) is 47.3 Å². The van der Waals surface area contributed by atoms with Gasteiger partial charge in [0.1, 0.15) is 0 Å². The molecule has 3 aliphatic heterocycles. The normalized spacial score (nSPS) is 21.6. The number of anilines is 1. The Kier molecular flexibility index (Phi) is 4.30. The third-order valence-corrected chi connectivity index (χ3v) is 6.75. The van der Waals surface area contributed by atoms with Gasteiger partial charge in [-0.05, 0) is 31.7 Å². The molecule has 0 amide bonds. The van der Waals surface area contributed by atoms with Gasteiger partial charge >= 0.3 is 0 Å². The fourth-order valence-corrected chi connectivity index (χ4v) is 5.09. The Labute approximate surface area is 164 Å². The van der Waals surface area contributed by atoms with Crippen molar-refractivity contribution in [3.63, 3.8) is 0 Å². The van der Waals surface area contributed by atoms with E-state index in [0.717, 1.165) is 56.3 Å². The van der Waals surface area contributed by atoms with Gasteiger partial charge in [0, 0.05) is 37.4 Å². The van der Waals surface area contributed by atoms with Crippen LogP contribution >= 0.6 is 11.3 Å². The van der Waals surface area contributed by atoms with Crippen LogP contribution in [0.2, 0.25) is 0 Å². The number of para-hydroxylation sites is 1. The van der Waals surface area contributed by atoms with Crippen molar-refractivity contribution in [3.8, 4) is 0 Å². The summed E-state index contributed by atoms with van der Waals surface area (Å²) in [5.74, 6) is 0. The van der Waals surface area contributed by atoms with Crippen molar-refractivity contribution in [1.29, 1.82) is 0 Å². The predicted molar refractivity (Wildman–Crippen MR) is 111 cm³/mol. The lowest BCUT2D eigenvalue weighted by Gasteiger charge is -2.43. The molecule has 4 heterocycles. The molecule has 3 aliphatic rings. The number of aromatic nitrogens is 1. The first kappa shape index (κ1) is 17.0. The van der Waals surface area contributed by atoms with Gasteiger partial charge < -0.3 is 9.91 Å². The number of thiazole rings is 1. The fraction of sp³-hybridized carbons (Fsp3) is 0.450. The quantitative estimate of drug-likeness (QED) is 0.880. The summed E-state index contributed by atoms with van der Waals surface area (Å²) in [6.07, 6.45) is 3.38. The Morgan fingerprint density at radius 3 is 2.74 bits per heavy atom. The highest BCUT2D eigenvalue weighted by Gasteiger charge is 2.33. The summed E-state index contributed by atoms with van der Waals surface area (Å²) in [4.78, 5) is 7.23. The Balaban J connectivity index is 1.42. The molecule has 0 atom stereocenters. The van der Waals surface area contributed by atoms with Crippen molar-refractivity contribution in [2.75, 3.05) is 51.3 Å². The topological polar surface area (TPSA) is 37.9 Å². The zero-order chi connectivity index (χ0) is 18.4. The van der Waals surface area contributed by atoms with Crippen LogP contribution in [0.1, 0.15) is 13.3 Å². The van der Waals surface area contributed by atoms with Gasteiger partial charge in [0.05, 0.1) is 29.0 Å². The first-order valence-electron chi connectivity index (χ1n) is 9.76. The van der Waals surface area contributed by atoms with Crippen LogP contribution in [0.15, 0.2) is 47.3 Å². The molecule has 1 aromatic carbocycles. The van der Waals surface area contributed by atoms with Crippen LogP contribution in [-0.4, -0.2) is 66.2 Å². The number of rotatable bonds is 3. The third-order valence-electron chi connectivity index (χ3n) is 5.69. The molecule has 142 valence electrons. The van der Waals surface area contributed by atoms with E-state index >= 15 is 0 Å². The Morgan fingerprint density at radius 2 is 1.96 bits per heavy atom. The second-order valence-corrected chi connectivity index (χ2v) is 8.41. The lowest BCUT2D eigenvalue weighted by Crippen LogP contribution is -2.53. The molecule has 0 spiro atoms. The minimum Gasteiger partial charge on any atom is -0.306 e. The first-order valence-corrected chi connectivity index (χ1v) is 10.6. The van der Waals surface area contributed by atoms with E-state index in [-0.39, 0.29) is 0 Å². The molecule has 0 unspecified atom stereocenters. The molecule has 0 saturated carbocycles. The predicted octanol–water partition coefficient (Wildman–Crippen LogP) is 2.65. The van der Waals surface area contributed by atoms with Crippen LogP contribution in [-0.2, 0) is 0 Å². The summed E-state index contributed by atoms with van der Waals surface area (Å²) in [7, 11) is 2.21. The Bertz CT molecular complexity index is 875. The van der Waals surface area contributed by atoms with Crippen LogP contribution in [0, 0.1) is 0 Å². The summed E-state index contributed by atoms with van der Waals surface area (Å²) in [5.41, 5.74) is 8.80. The number of fused-ring (bicyclic) bond motifs is 2. The molecule has 0 aliphatic carbocycles. The third kappa shape index (κ3) is 2.99. The van der Waals surface area contributed by atoms with E-state index in [0.29, 0.717) is 0 Å². The van der Waals surface area contributed by atoms with E-state index < -0.39 is 0 Å². The molecule has 1 aromatic heterocycles. The van der Waals surface area contributed by atoms with Gasteiger partial charge in [0.25, 0.3) is 0 Å². The van der Waals surface area contributed by atoms with Gasteiger partial charge in [-0.3, -0.25) is 10.4 Å². The zero-order valence-corrected chi connectivity index (χ0v) is 16.8. The number of piperazine rings is 1. The summed E-state index contributed by atoms with van der Waals surface area (Å²) in [5, 5.41) is 8.28. The minimum absolute atomic E-state index is 0.874. The van der Waals surface area contributed by atoms with E-state index in [9.17, 15) is 0 Å². The van der Waals surface area contributed by atoms with Crippen molar-refractivity contribution in [2.45, 2.75) is 13.3 Å². The maximum Gasteiger partial charge on any atom is 0.205 e. The van der Waals surface area contributed by atoms with Crippen molar-refractivity contribution in [1.82, 2.24) is 25.3 Å². The van der Waals surface area contributed by atoms with Crippen molar-refractivity contribution >= 4 is 26.7 Å². The lowest BCUT2D eigenvalue weighted by molar-refractivity contribution is -0.0220. The molecule has 2 aromatic rings. The second-order valence-electron chi connectivity index (χ2n) is 7.40. The molecule has 0 bridgehead atoms. The average Bonchev–Trinajstić information content (AvgIpc) is 3.31. The van der Waals surface area contributed by atoms with Crippen LogP contribution in [0.5, 0.6) is 0 Å². The van der Waals surface area contributed by atoms with E-state index in [1.54, 1.807) is 11.3 Å². The van der Waals surface area contributed by atoms with Gasteiger partial charge in [0.15, 0.2) is 0 Å². The molecule has 7 heteroatoms. The molecule has 5 rings (SSSR count). The van der Waals surface area contributed by atoms with Crippen LogP contribution in [0.25, 0.3) is 10.2 Å². The van der Waals surface area contributed by atoms with Gasteiger partial charge in [0.2, 0.25) is 5.13 Å². The molecular formula is C20H26N6S. The lowest BCUT2D eigenvalue weighted by atomic mass is 10.1. The molecular weight excluding hydrogens is 356 g/mol. The molecule has 1 N–H and O–H groups in total. The van der Waals surface area contributed by atoms with E-state index in [4.69, 9.17) is 4.98 Å². The highest BCUT2D eigenvalue weighted by Crippen LogP contribution is 2.35. The first-order chi connectivity index (χ1) is 13.2. The number of hydrogen-bond donors (Lipinski definition) is 1. The highest BCUT2D eigenvalue weighted by molar-refractivity contribution is 7.22. The van der Waals surface area contributed by atoms with Crippen LogP contribution in [0.3, 0.4) is 0 Å². The standard InChI is InChI=1S/C20H26N6S/c1-3-18-15-14-25(20-21-17-6-4-5-7-19(17)27-20)22-16(15)8-9-26(18)24-12-10-23(2)11-13-24/h4-8,22H,3,9-14H2,1-2H3. The van der Waals surface area contributed by atoms with Gasteiger partial charge in [-0.25, -0.2) is 9.99 Å². The number of nitrogens with one attached hydrogen (secondary N) is 1. The molecule has 27 heavy (non-hydrogen) atoms. The minimum atomic E-state index is 0.874. The van der Waals surface area contributed by atoms with E-state index in [1.807, 2.05) is 0 Å². The van der Waals surface area contributed by atoms with Crippen LogP contribution in [0.4, 0.5) is 5.13 Å². The number of likely N-dealkylation sites (N-methyl/N-ethyl adjacent to an activating group) is 1. The number of hydrogen-bond acceptors (Lipinski definition) is 7. The van der Waals surface area contributed by atoms with Crippen molar-refractivity contribution < 1.29 is 0 Å². The molecule has 6 nitrogen and oxygen atoms in total. The summed E-state index contributed by atoms with van der Waals surface area (Å²) in [6.45, 7) is 8.57. The molecule has 2 saturated heterocycles. The number of nitrogens with zero attached hydrogens (tertiary/aromatic N) is 5. The Hall–Kier alpha value is -2.09. The van der Waals surface area contributed by atoms with Gasteiger partial charge in [-0.15, -0.1) is 0 Å². The SMILES string of the molecule is CCC1=C2CN(c3nc4ccccc4s3)NC2=CCN1N1CCN(C)CC1. The molecule has 2 fully saturated rings. The zero-order valence-electron chi connectivity index (χ0n) is 16.0. The van der Waals surface area contributed by atoms with Crippen molar-refractivity contribution in [2.24, 2.45) is 0 Å². The number of allylic oxidation sites excluding steroid dienone is 1. The smallest absolute Gasteiger partial charge is 0.205 e. The molecule has 0 radical (unpaired) electrons. The fourth-order valence-electron chi connectivity index (χ4n) is 4.17. The monoisotopic (exact) mass is 382 g/mol. The Morgan fingerprint density at radius 1 is 1.15 bits per heavy atom. The maximum absolute atomic E-state index is 4.82. The van der Waals surface area contributed by atoms with Gasteiger partial charge in [-0.1, -0.05) is 30.4 Å². The van der Waals surface area contributed by atoms with Crippen LogP contribution < -0.4 is 10.4 Å². The van der Waals surface area contributed by atoms with E-state index in [2.05, 4.69) is 69.7 Å². The second kappa shape index (κ2) is 6.82. The average molecular weight is 383 g/mol. The largest absolute Gasteiger partial charge is 0.306 e. The number of benzene rings is 1. The van der Waals surface area contributed by atoms with Gasteiger partial charge in [-0.2, -0.15) is 0 Å². The van der Waals surface area contributed by atoms with E-state index in [1.165, 1.54) is 21.7 Å². The summed E-state index contributed by atoms with van der Waals surface area (Å²) >= 11 is 1.75.